The van der Waals surface area contributed by atoms with Crippen LogP contribution in [0.5, 0.6) is 0 Å². The predicted octanol–water partition coefficient (Wildman–Crippen LogP) is 1.13. The van der Waals surface area contributed by atoms with Crippen LogP contribution in [0.15, 0.2) is 17.1 Å². The third-order valence-electron chi connectivity index (χ3n) is 5.18. The number of nitrogens with one attached hydrogen (secondary N) is 1. The number of carboxylic acid groups (broad SMARTS) is 1. The quantitative estimate of drug-likeness (QED) is 0.853. The third kappa shape index (κ3) is 2.57. The maximum absolute atomic E-state index is 15.1. The van der Waals surface area contributed by atoms with Gasteiger partial charge in [-0.05, 0) is 13.0 Å². The van der Waals surface area contributed by atoms with Crippen LogP contribution < -0.4 is 15.6 Å². The van der Waals surface area contributed by atoms with Gasteiger partial charge in [0, 0.05) is 37.9 Å². The number of nitrogens with zero attached hydrogens (tertiary/aromatic N) is 2. The Morgan fingerprint density at radius 3 is 2.62 bits per heavy atom. The summed E-state index contributed by atoms with van der Waals surface area (Å²) in [4.78, 5) is 26.2. The molecule has 0 bridgehead atoms. The molecule has 3 heterocycles. The fourth-order valence-electron chi connectivity index (χ4n) is 3.63. The number of halogens is 1. The lowest BCUT2D eigenvalue weighted by atomic mass is 10.0. The highest BCUT2D eigenvalue weighted by atomic mass is 19.1. The Hall–Kier alpha value is -2.45. The van der Waals surface area contributed by atoms with Crippen LogP contribution in [0.3, 0.4) is 0 Å². The molecule has 4 rings (SSSR count). The minimum atomic E-state index is -1.31. The number of aromatic nitrogens is 1. The number of pyridine rings is 1. The fraction of sp³-hybridized carbons (Fsp3) is 0.444. The molecule has 0 atom stereocenters. The van der Waals surface area contributed by atoms with Crippen molar-refractivity contribution < 1.29 is 19.0 Å². The van der Waals surface area contributed by atoms with Crippen LogP contribution in [-0.2, 0) is 4.74 Å². The van der Waals surface area contributed by atoms with Gasteiger partial charge >= 0.3 is 5.97 Å². The number of carbonyl (C=O) groups is 1. The average molecular weight is 361 g/mol. The fourth-order valence-corrected chi connectivity index (χ4v) is 3.63. The number of benzene rings is 1. The van der Waals surface area contributed by atoms with E-state index in [-0.39, 0.29) is 22.6 Å². The predicted molar refractivity (Wildman–Crippen MR) is 94.8 cm³/mol. The van der Waals surface area contributed by atoms with Gasteiger partial charge in [0.05, 0.1) is 35.8 Å². The van der Waals surface area contributed by atoms with Crippen LogP contribution >= 0.6 is 0 Å². The standard InChI is InChI=1S/C18H20FN3O4/c1-10-15-13(6-14(16(10)19)21-4-2-20-3-5-21)22(11-8-26-9-11)7-12(17(15)23)18(24)25/h6-7,11,20H,2-5,8-9H2,1H3,(H,24,25). The smallest absolute Gasteiger partial charge is 0.341 e. The number of aryl methyl sites for hydroxylation is 1. The first kappa shape index (κ1) is 17.0. The van der Waals surface area contributed by atoms with Crippen molar-refractivity contribution in [1.29, 1.82) is 0 Å². The van der Waals surface area contributed by atoms with E-state index in [1.54, 1.807) is 10.6 Å². The summed E-state index contributed by atoms with van der Waals surface area (Å²) < 4.78 is 22.1. The highest BCUT2D eigenvalue weighted by Crippen LogP contribution is 2.32. The van der Waals surface area contributed by atoms with E-state index in [1.807, 2.05) is 4.90 Å². The van der Waals surface area contributed by atoms with Gasteiger partial charge in [-0.1, -0.05) is 0 Å². The second kappa shape index (κ2) is 6.37. The molecule has 0 saturated carbocycles. The molecule has 0 radical (unpaired) electrons. The highest BCUT2D eigenvalue weighted by Gasteiger charge is 2.27. The summed E-state index contributed by atoms with van der Waals surface area (Å²) in [5.74, 6) is -1.77. The van der Waals surface area contributed by atoms with Gasteiger partial charge < -0.3 is 24.6 Å². The molecule has 2 aliphatic heterocycles. The number of hydrogen-bond donors (Lipinski definition) is 2. The van der Waals surface area contributed by atoms with Crippen LogP contribution in [0.4, 0.5) is 10.1 Å². The van der Waals surface area contributed by atoms with Crippen molar-refractivity contribution in [3.8, 4) is 0 Å². The molecular formula is C18H20FN3O4. The first-order chi connectivity index (χ1) is 12.5. The van der Waals surface area contributed by atoms with E-state index in [0.717, 1.165) is 13.1 Å². The third-order valence-corrected chi connectivity index (χ3v) is 5.18. The van der Waals surface area contributed by atoms with Gasteiger partial charge in [0.2, 0.25) is 5.43 Å². The molecule has 138 valence electrons. The first-order valence-electron chi connectivity index (χ1n) is 8.63. The molecule has 26 heavy (non-hydrogen) atoms. The van der Waals surface area contributed by atoms with Crippen molar-refractivity contribution in [3.05, 3.63) is 39.4 Å². The lowest BCUT2D eigenvalue weighted by molar-refractivity contribution is -0.0217. The summed E-state index contributed by atoms with van der Waals surface area (Å²) in [6, 6.07) is 1.62. The van der Waals surface area contributed by atoms with Crippen LogP contribution in [0, 0.1) is 12.7 Å². The van der Waals surface area contributed by atoms with Crippen LogP contribution in [0.1, 0.15) is 22.0 Å². The van der Waals surface area contributed by atoms with Gasteiger partial charge in [-0.25, -0.2) is 9.18 Å². The SMILES string of the molecule is Cc1c(F)c(N2CCNCC2)cc2c1c(=O)c(C(=O)O)cn2C1COC1. The Kier molecular flexibility index (Phi) is 4.16. The Morgan fingerprint density at radius 2 is 2.04 bits per heavy atom. The van der Waals surface area contributed by atoms with E-state index in [9.17, 15) is 14.7 Å². The van der Waals surface area contributed by atoms with Crippen molar-refractivity contribution in [3.63, 3.8) is 0 Å². The van der Waals surface area contributed by atoms with Gasteiger partial charge in [-0.2, -0.15) is 0 Å². The van der Waals surface area contributed by atoms with E-state index >= 15 is 4.39 Å². The van der Waals surface area contributed by atoms with E-state index in [4.69, 9.17) is 4.74 Å². The topological polar surface area (TPSA) is 83.8 Å². The monoisotopic (exact) mass is 361 g/mol. The lowest BCUT2D eigenvalue weighted by Gasteiger charge is -2.33. The maximum Gasteiger partial charge on any atom is 0.341 e. The molecule has 2 fully saturated rings. The number of aromatic carboxylic acids is 1. The van der Waals surface area contributed by atoms with Crippen molar-refractivity contribution in [2.75, 3.05) is 44.3 Å². The number of ether oxygens (including phenoxy) is 1. The Bertz CT molecular complexity index is 946. The highest BCUT2D eigenvalue weighted by molar-refractivity contribution is 5.95. The Balaban J connectivity index is 2.01. The number of fused-ring (bicyclic) bond motifs is 1. The summed E-state index contributed by atoms with van der Waals surface area (Å²) in [5, 5.41) is 12.8. The number of hydrogen-bond acceptors (Lipinski definition) is 5. The normalized spacial score (nSPS) is 18.2. The summed E-state index contributed by atoms with van der Waals surface area (Å²) in [6.45, 7) is 5.29. The number of anilines is 1. The minimum absolute atomic E-state index is 0.0584. The molecule has 2 aliphatic rings. The lowest BCUT2D eigenvalue weighted by Crippen LogP contribution is -2.44. The summed E-state index contributed by atoms with van der Waals surface area (Å²) in [6.07, 6.45) is 1.36. The van der Waals surface area contributed by atoms with E-state index in [2.05, 4.69) is 5.32 Å². The van der Waals surface area contributed by atoms with Crippen molar-refractivity contribution in [2.45, 2.75) is 13.0 Å². The molecular weight excluding hydrogens is 341 g/mol. The number of rotatable bonds is 3. The van der Waals surface area contributed by atoms with Crippen molar-refractivity contribution >= 4 is 22.6 Å². The molecule has 0 aliphatic carbocycles. The van der Waals surface area contributed by atoms with E-state index in [0.29, 0.717) is 37.5 Å². The van der Waals surface area contributed by atoms with Gasteiger partial charge in [0.25, 0.3) is 0 Å². The molecule has 0 amide bonds. The van der Waals surface area contributed by atoms with Crippen LogP contribution in [-0.4, -0.2) is 55.0 Å². The molecule has 2 aromatic rings. The van der Waals surface area contributed by atoms with Gasteiger partial charge in [0.1, 0.15) is 11.4 Å². The van der Waals surface area contributed by atoms with E-state index in [1.165, 1.54) is 13.1 Å². The summed E-state index contributed by atoms with van der Waals surface area (Å²) in [5.41, 5.74) is 0.209. The second-order valence-corrected chi connectivity index (χ2v) is 6.74. The maximum atomic E-state index is 15.1. The zero-order valence-electron chi connectivity index (χ0n) is 14.4. The number of piperazine rings is 1. The Morgan fingerprint density at radius 1 is 1.35 bits per heavy atom. The molecule has 1 aromatic carbocycles. The van der Waals surface area contributed by atoms with Gasteiger partial charge in [-0.3, -0.25) is 4.79 Å². The summed E-state index contributed by atoms with van der Waals surface area (Å²) >= 11 is 0. The Labute approximate surface area is 149 Å². The largest absolute Gasteiger partial charge is 0.477 e. The van der Waals surface area contributed by atoms with Crippen LogP contribution in [0.2, 0.25) is 0 Å². The number of carboxylic acids is 1. The second-order valence-electron chi connectivity index (χ2n) is 6.74. The van der Waals surface area contributed by atoms with E-state index < -0.39 is 17.2 Å². The molecule has 2 N–H and O–H groups in total. The van der Waals surface area contributed by atoms with Crippen molar-refractivity contribution in [2.24, 2.45) is 0 Å². The zero-order chi connectivity index (χ0) is 18.4. The van der Waals surface area contributed by atoms with Crippen molar-refractivity contribution in [1.82, 2.24) is 9.88 Å². The first-order valence-corrected chi connectivity index (χ1v) is 8.63. The molecule has 7 nitrogen and oxygen atoms in total. The molecule has 0 unspecified atom stereocenters. The summed E-state index contributed by atoms with van der Waals surface area (Å²) in [7, 11) is 0. The molecule has 1 aromatic heterocycles. The van der Waals surface area contributed by atoms with Gasteiger partial charge in [-0.15, -0.1) is 0 Å². The average Bonchev–Trinajstić information content (AvgIpc) is 2.58. The molecule has 8 heteroatoms. The van der Waals surface area contributed by atoms with Gasteiger partial charge in [0.15, 0.2) is 0 Å². The molecule has 2 saturated heterocycles. The minimum Gasteiger partial charge on any atom is -0.477 e. The molecule has 0 spiro atoms. The van der Waals surface area contributed by atoms with Crippen LogP contribution in [0.25, 0.3) is 10.9 Å². The zero-order valence-corrected chi connectivity index (χ0v) is 14.4.